The van der Waals surface area contributed by atoms with E-state index in [1.54, 1.807) is 0 Å². The molecule has 0 saturated heterocycles. The molecule has 2 fully saturated rings. The van der Waals surface area contributed by atoms with Gasteiger partial charge < -0.3 is 10.3 Å². The summed E-state index contributed by atoms with van der Waals surface area (Å²) in [6.07, 6.45) is 12.1. The fourth-order valence-electron chi connectivity index (χ4n) is 3.83. The molecule has 2 heterocycles. The minimum Gasteiger partial charge on any atom is -0.323 e. The minimum atomic E-state index is -0.243. The molecule has 112 valence electrons. The normalized spacial score (nSPS) is 29.9. The third kappa shape index (κ3) is 2.16. The smallest absolute Gasteiger partial charge is 0.130 e. The van der Waals surface area contributed by atoms with Gasteiger partial charge in [0.05, 0.1) is 17.3 Å². The van der Waals surface area contributed by atoms with Crippen molar-refractivity contribution in [3.05, 3.63) is 24.3 Å². The summed E-state index contributed by atoms with van der Waals surface area (Å²) in [5, 5.41) is 0. The molecule has 0 bridgehead atoms. The third-order valence-electron chi connectivity index (χ3n) is 5.42. The second kappa shape index (κ2) is 4.80. The number of fused-ring (bicyclic) bond motifs is 1. The van der Waals surface area contributed by atoms with E-state index < -0.39 is 0 Å². The molecule has 0 aliphatic heterocycles. The van der Waals surface area contributed by atoms with E-state index >= 15 is 0 Å². The number of imidazole rings is 1. The molecule has 2 saturated carbocycles. The average molecular weight is 284 g/mol. The number of rotatable bonds is 3. The molecular formula is C17H24N4. The summed E-state index contributed by atoms with van der Waals surface area (Å²) in [6, 6.07) is 2.70. The van der Waals surface area contributed by atoms with E-state index in [0.29, 0.717) is 6.04 Å². The van der Waals surface area contributed by atoms with Crippen LogP contribution in [0.4, 0.5) is 0 Å². The van der Waals surface area contributed by atoms with E-state index in [9.17, 15) is 0 Å². The molecule has 2 aromatic heterocycles. The van der Waals surface area contributed by atoms with Crippen molar-refractivity contribution >= 4 is 11.0 Å². The van der Waals surface area contributed by atoms with Gasteiger partial charge in [0, 0.05) is 12.2 Å². The number of pyridine rings is 1. The van der Waals surface area contributed by atoms with Crippen molar-refractivity contribution in [2.45, 2.75) is 63.5 Å². The zero-order valence-corrected chi connectivity index (χ0v) is 12.8. The highest BCUT2D eigenvalue weighted by Crippen LogP contribution is 2.44. The topological polar surface area (TPSA) is 56.7 Å². The lowest BCUT2D eigenvalue weighted by Crippen LogP contribution is -2.42. The Labute approximate surface area is 125 Å². The van der Waals surface area contributed by atoms with Gasteiger partial charge in [0.1, 0.15) is 11.3 Å². The van der Waals surface area contributed by atoms with E-state index in [4.69, 9.17) is 10.7 Å². The van der Waals surface area contributed by atoms with Crippen LogP contribution in [0.25, 0.3) is 11.0 Å². The molecule has 0 radical (unpaired) electrons. The summed E-state index contributed by atoms with van der Waals surface area (Å²) < 4.78 is 2.42. The van der Waals surface area contributed by atoms with Crippen molar-refractivity contribution in [1.29, 1.82) is 0 Å². The Morgan fingerprint density at radius 2 is 2.05 bits per heavy atom. The summed E-state index contributed by atoms with van der Waals surface area (Å²) in [7, 11) is 0. The van der Waals surface area contributed by atoms with E-state index in [2.05, 4.69) is 22.5 Å². The van der Waals surface area contributed by atoms with Crippen LogP contribution in [0.3, 0.4) is 0 Å². The van der Waals surface area contributed by atoms with Crippen molar-refractivity contribution in [1.82, 2.24) is 14.5 Å². The van der Waals surface area contributed by atoms with Crippen LogP contribution in [0.2, 0.25) is 0 Å². The monoisotopic (exact) mass is 284 g/mol. The first kappa shape index (κ1) is 13.3. The van der Waals surface area contributed by atoms with E-state index in [0.717, 1.165) is 30.1 Å². The first-order valence-corrected chi connectivity index (χ1v) is 8.32. The van der Waals surface area contributed by atoms with Gasteiger partial charge in [-0.15, -0.1) is 0 Å². The molecule has 4 nitrogen and oxygen atoms in total. The lowest BCUT2D eigenvalue weighted by molar-refractivity contribution is 0.217. The van der Waals surface area contributed by atoms with Crippen LogP contribution >= 0.6 is 0 Å². The highest BCUT2D eigenvalue weighted by atomic mass is 15.2. The summed E-state index contributed by atoms with van der Waals surface area (Å²) >= 11 is 0. The van der Waals surface area contributed by atoms with Gasteiger partial charge in [0.25, 0.3) is 0 Å². The Morgan fingerprint density at radius 1 is 1.29 bits per heavy atom. The molecule has 2 aromatic rings. The zero-order chi connectivity index (χ0) is 14.4. The van der Waals surface area contributed by atoms with Crippen LogP contribution in [-0.4, -0.2) is 14.5 Å². The molecule has 0 aromatic carbocycles. The molecule has 0 amide bonds. The lowest BCUT2D eigenvalue weighted by Gasteiger charge is -2.36. The Bertz CT molecular complexity index is 648. The Hall–Kier alpha value is -1.42. The molecule has 0 spiro atoms. The van der Waals surface area contributed by atoms with Crippen LogP contribution in [0.5, 0.6) is 0 Å². The van der Waals surface area contributed by atoms with Crippen molar-refractivity contribution in [3.63, 3.8) is 0 Å². The maximum absolute atomic E-state index is 6.82. The largest absolute Gasteiger partial charge is 0.323 e. The fourth-order valence-corrected chi connectivity index (χ4v) is 3.83. The van der Waals surface area contributed by atoms with Gasteiger partial charge in [-0.05, 0) is 50.5 Å². The molecule has 2 aliphatic carbocycles. The summed E-state index contributed by atoms with van der Waals surface area (Å²) in [5.41, 5.74) is 8.80. The first-order chi connectivity index (χ1) is 10.2. The van der Waals surface area contributed by atoms with E-state index in [1.165, 1.54) is 37.6 Å². The second-order valence-electron chi connectivity index (χ2n) is 6.91. The van der Waals surface area contributed by atoms with Gasteiger partial charge in [0.15, 0.2) is 0 Å². The number of hydrogen-bond acceptors (Lipinski definition) is 3. The van der Waals surface area contributed by atoms with Crippen LogP contribution in [0.1, 0.15) is 63.7 Å². The predicted octanol–water partition coefficient (Wildman–Crippen LogP) is 3.52. The number of nitrogens with zero attached hydrogens (tertiary/aromatic N) is 3. The Balaban J connectivity index is 1.77. The quantitative estimate of drug-likeness (QED) is 0.938. The van der Waals surface area contributed by atoms with Crippen molar-refractivity contribution in [3.8, 4) is 0 Å². The standard InChI is InChI=1S/C17H24N4/c1-2-12-5-8-17(18,9-6-12)16-20-14-11-19-10-7-15(14)21(16)13-3-4-13/h7,10-13H,2-6,8-9,18H2,1H3. The third-order valence-corrected chi connectivity index (χ3v) is 5.42. The molecule has 4 heteroatoms. The second-order valence-corrected chi connectivity index (χ2v) is 6.91. The van der Waals surface area contributed by atoms with E-state index in [1.807, 2.05) is 12.4 Å². The van der Waals surface area contributed by atoms with Gasteiger partial charge in [-0.1, -0.05) is 13.3 Å². The van der Waals surface area contributed by atoms with Gasteiger partial charge in [-0.25, -0.2) is 4.98 Å². The highest BCUT2D eigenvalue weighted by molar-refractivity contribution is 5.75. The van der Waals surface area contributed by atoms with Crippen molar-refractivity contribution < 1.29 is 0 Å². The molecule has 4 rings (SSSR count). The Morgan fingerprint density at radius 3 is 2.71 bits per heavy atom. The number of nitrogens with two attached hydrogens (primary N) is 1. The fraction of sp³-hybridized carbons (Fsp3) is 0.647. The SMILES string of the molecule is CCC1CCC(N)(c2nc3cnccc3n2C2CC2)CC1. The van der Waals surface area contributed by atoms with Crippen LogP contribution in [-0.2, 0) is 5.54 Å². The lowest BCUT2D eigenvalue weighted by atomic mass is 9.75. The molecule has 2 aliphatic rings. The maximum Gasteiger partial charge on any atom is 0.130 e. The Kier molecular flexibility index (Phi) is 3.03. The number of hydrogen-bond donors (Lipinski definition) is 1. The molecule has 2 N–H and O–H groups in total. The van der Waals surface area contributed by atoms with Gasteiger partial charge >= 0.3 is 0 Å². The van der Waals surface area contributed by atoms with E-state index in [-0.39, 0.29) is 5.54 Å². The van der Waals surface area contributed by atoms with Crippen LogP contribution in [0.15, 0.2) is 18.5 Å². The zero-order valence-electron chi connectivity index (χ0n) is 12.8. The molecule has 21 heavy (non-hydrogen) atoms. The average Bonchev–Trinajstić information content (AvgIpc) is 3.27. The minimum absolute atomic E-state index is 0.243. The van der Waals surface area contributed by atoms with Gasteiger partial charge in [-0.2, -0.15) is 0 Å². The maximum atomic E-state index is 6.82. The summed E-state index contributed by atoms with van der Waals surface area (Å²) in [6.45, 7) is 2.29. The van der Waals surface area contributed by atoms with Crippen LogP contribution in [0, 0.1) is 5.92 Å². The summed E-state index contributed by atoms with van der Waals surface area (Å²) in [5.74, 6) is 1.96. The summed E-state index contributed by atoms with van der Waals surface area (Å²) in [4.78, 5) is 9.12. The van der Waals surface area contributed by atoms with Gasteiger partial charge in [-0.3, -0.25) is 4.98 Å². The molecule has 0 unspecified atom stereocenters. The van der Waals surface area contributed by atoms with Crippen molar-refractivity contribution in [2.24, 2.45) is 11.7 Å². The predicted molar refractivity (Wildman–Crippen MR) is 83.9 cm³/mol. The van der Waals surface area contributed by atoms with Crippen molar-refractivity contribution in [2.75, 3.05) is 0 Å². The molecular weight excluding hydrogens is 260 g/mol. The first-order valence-electron chi connectivity index (χ1n) is 8.32. The highest BCUT2D eigenvalue weighted by Gasteiger charge is 2.40. The molecule has 0 atom stereocenters. The number of aromatic nitrogens is 3. The van der Waals surface area contributed by atoms with Gasteiger partial charge in [0.2, 0.25) is 0 Å². The van der Waals surface area contributed by atoms with Crippen LogP contribution < -0.4 is 5.73 Å².